The lowest BCUT2D eigenvalue weighted by molar-refractivity contribution is 0.289. The van der Waals surface area contributed by atoms with E-state index in [2.05, 4.69) is 16.0 Å². The fourth-order valence-corrected chi connectivity index (χ4v) is 2.14. The number of nitrogens with zero attached hydrogens (tertiary/aromatic N) is 3. The highest BCUT2D eigenvalue weighted by atomic mass is 35.5. The SMILES string of the molecule is N#Cc1cc(OCc2ccccc2)nc(Oc2ccnc(Cl)c2)c1. The molecule has 24 heavy (non-hydrogen) atoms. The number of benzene rings is 1. The summed E-state index contributed by atoms with van der Waals surface area (Å²) in [5, 5.41) is 9.47. The minimum absolute atomic E-state index is 0.249. The predicted octanol–water partition coefficient (Wildman–Crippen LogP) is 4.37. The third-order valence-electron chi connectivity index (χ3n) is 3.06. The maximum absolute atomic E-state index is 9.16. The first-order valence-corrected chi connectivity index (χ1v) is 7.49. The van der Waals surface area contributed by atoms with Crippen molar-refractivity contribution >= 4 is 11.6 Å². The third-order valence-corrected chi connectivity index (χ3v) is 3.26. The van der Waals surface area contributed by atoms with E-state index in [1.54, 1.807) is 18.2 Å². The van der Waals surface area contributed by atoms with Gasteiger partial charge in [-0.05, 0) is 11.6 Å². The lowest BCUT2D eigenvalue weighted by Gasteiger charge is -2.09. The molecule has 6 heteroatoms. The monoisotopic (exact) mass is 337 g/mol. The van der Waals surface area contributed by atoms with Crippen LogP contribution in [0.4, 0.5) is 0 Å². The Morgan fingerprint density at radius 2 is 1.83 bits per heavy atom. The second-order valence-electron chi connectivity index (χ2n) is 4.83. The van der Waals surface area contributed by atoms with Crippen molar-refractivity contribution in [3.63, 3.8) is 0 Å². The highest BCUT2D eigenvalue weighted by Gasteiger charge is 2.07. The number of halogens is 1. The lowest BCUT2D eigenvalue weighted by atomic mass is 10.2. The summed E-state index contributed by atoms with van der Waals surface area (Å²) in [4.78, 5) is 8.15. The molecule has 2 aromatic heterocycles. The lowest BCUT2D eigenvalue weighted by Crippen LogP contribution is -1.99. The first-order chi connectivity index (χ1) is 11.7. The molecule has 0 saturated heterocycles. The van der Waals surface area contributed by atoms with Gasteiger partial charge in [-0.15, -0.1) is 0 Å². The van der Waals surface area contributed by atoms with Crippen LogP contribution in [0.25, 0.3) is 0 Å². The Morgan fingerprint density at radius 1 is 1.04 bits per heavy atom. The summed E-state index contributed by atoms with van der Waals surface area (Å²) in [5.41, 5.74) is 1.40. The summed E-state index contributed by atoms with van der Waals surface area (Å²) in [6.45, 7) is 0.350. The number of ether oxygens (including phenoxy) is 2. The summed E-state index contributed by atoms with van der Waals surface area (Å²) >= 11 is 5.83. The molecule has 0 bridgehead atoms. The van der Waals surface area contributed by atoms with E-state index in [-0.39, 0.29) is 5.88 Å². The molecule has 2 heterocycles. The van der Waals surface area contributed by atoms with Gasteiger partial charge >= 0.3 is 0 Å². The third kappa shape index (κ3) is 4.22. The number of rotatable bonds is 5. The molecule has 3 aromatic rings. The van der Waals surface area contributed by atoms with Crippen molar-refractivity contribution in [3.05, 3.63) is 77.1 Å². The standard InChI is InChI=1S/C18H12ClN3O2/c19-16-10-15(6-7-21-16)24-18-9-14(11-20)8-17(22-18)23-12-13-4-2-1-3-5-13/h1-10H,12H2. The average Bonchev–Trinajstić information content (AvgIpc) is 2.61. The van der Waals surface area contributed by atoms with E-state index in [9.17, 15) is 0 Å². The molecule has 0 amide bonds. The molecule has 0 aliphatic carbocycles. The van der Waals surface area contributed by atoms with E-state index in [1.165, 1.54) is 12.3 Å². The van der Waals surface area contributed by atoms with Crippen LogP contribution in [0.1, 0.15) is 11.1 Å². The minimum Gasteiger partial charge on any atom is -0.473 e. The zero-order chi connectivity index (χ0) is 16.8. The van der Waals surface area contributed by atoms with Gasteiger partial charge in [0.05, 0.1) is 11.6 Å². The van der Waals surface area contributed by atoms with Gasteiger partial charge in [-0.25, -0.2) is 4.98 Å². The van der Waals surface area contributed by atoms with Gasteiger partial charge in [0.25, 0.3) is 0 Å². The summed E-state index contributed by atoms with van der Waals surface area (Å²) in [7, 11) is 0. The van der Waals surface area contributed by atoms with Crippen LogP contribution in [-0.4, -0.2) is 9.97 Å². The molecule has 5 nitrogen and oxygen atoms in total. The molecule has 1 aromatic carbocycles. The molecular weight excluding hydrogens is 326 g/mol. The van der Waals surface area contributed by atoms with E-state index in [1.807, 2.05) is 30.3 Å². The highest BCUT2D eigenvalue weighted by molar-refractivity contribution is 6.29. The Hall–Kier alpha value is -3.10. The van der Waals surface area contributed by atoms with Crippen molar-refractivity contribution in [3.8, 4) is 23.6 Å². The second-order valence-corrected chi connectivity index (χ2v) is 5.22. The van der Waals surface area contributed by atoms with Gasteiger partial charge in [-0.3, -0.25) is 0 Å². The largest absolute Gasteiger partial charge is 0.473 e. The van der Waals surface area contributed by atoms with Crippen LogP contribution in [0.15, 0.2) is 60.8 Å². The first kappa shape index (κ1) is 15.8. The average molecular weight is 338 g/mol. The Morgan fingerprint density at radius 3 is 2.58 bits per heavy atom. The van der Waals surface area contributed by atoms with E-state index >= 15 is 0 Å². The number of hydrogen-bond donors (Lipinski definition) is 0. The van der Waals surface area contributed by atoms with E-state index < -0.39 is 0 Å². The number of aromatic nitrogens is 2. The molecule has 0 fully saturated rings. The quantitative estimate of drug-likeness (QED) is 0.646. The molecule has 0 saturated carbocycles. The van der Waals surface area contributed by atoms with Gasteiger partial charge in [-0.2, -0.15) is 10.2 Å². The Labute approximate surface area is 144 Å². The van der Waals surface area contributed by atoms with Crippen molar-refractivity contribution in [1.29, 1.82) is 5.26 Å². The fourth-order valence-electron chi connectivity index (χ4n) is 1.97. The molecule has 0 aliphatic heterocycles. The Balaban J connectivity index is 1.79. The van der Waals surface area contributed by atoms with Crippen molar-refractivity contribution in [2.75, 3.05) is 0 Å². The molecular formula is C18H12ClN3O2. The van der Waals surface area contributed by atoms with Gasteiger partial charge < -0.3 is 9.47 Å². The van der Waals surface area contributed by atoms with Crippen LogP contribution in [-0.2, 0) is 6.61 Å². The van der Waals surface area contributed by atoms with Gasteiger partial charge in [0.15, 0.2) is 0 Å². The van der Waals surface area contributed by atoms with Gasteiger partial charge in [0.2, 0.25) is 11.8 Å². The number of pyridine rings is 2. The van der Waals surface area contributed by atoms with Crippen LogP contribution in [0.2, 0.25) is 5.15 Å². The predicted molar refractivity (Wildman–Crippen MR) is 89.0 cm³/mol. The molecule has 0 unspecified atom stereocenters. The zero-order valence-electron chi connectivity index (χ0n) is 12.5. The fraction of sp³-hybridized carbons (Fsp3) is 0.0556. The van der Waals surface area contributed by atoms with Gasteiger partial charge in [0, 0.05) is 24.4 Å². The molecule has 0 radical (unpaired) electrons. The smallest absolute Gasteiger partial charge is 0.223 e. The first-order valence-electron chi connectivity index (χ1n) is 7.11. The summed E-state index contributed by atoms with van der Waals surface area (Å²) in [6, 6.07) is 18.1. The summed E-state index contributed by atoms with van der Waals surface area (Å²) in [6.07, 6.45) is 1.53. The zero-order valence-corrected chi connectivity index (χ0v) is 13.3. The minimum atomic E-state index is 0.249. The van der Waals surface area contributed by atoms with E-state index in [0.29, 0.717) is 29.0 Å². The van der Waals surface area contributed by atoms with Crippen molar-refractivity contribution in [2.45, 2.75) is 6.61 Å². The van der Waals surface area contributed by atoms with Crippen molar-refractivity contribution in [1.82, 2.24) is 9.97 Å². The maximum Gasteiger partial charge on any atom is 0.223 e. The van der Waals surface area contributed by atoms with Crippen LogP contribution in [0.3, 0.4) is 0 Å². The molecule has 0 aliphatic rings. The molecule has 0 atom stereocenters. The van der Waals surface area contributed by atoms with E-state index in [4.69, 9.17) is 26.3 Å². The summed E-state index contributed by atoms with van der Waals surface area (Å²) in [5.74, 6) is 1.04. The Kier molecular flexibility index (Phi) is 4.90. The number of hydrogen-bond acceptors (Lipinski definition) is 5. The normalized spacial score (nSPS) is 10.0. The Bertz CT molecular complexity index is 879. The topological polar surface area (TPSA) is 68.0 Å². The summed E-state index contributed by atoms with van der Waals surface area (Å²) < 4.78 is 11.3. The van der Waals surface area contributed by atoms with Gasteiger partial charge in [0.1, 0.15) is 17.5 Å². The van der Waals surface area contributed by atoms with Gasteiger partial charge in [-0.1, -0.05) is 41.9 Å². The van der Waals surface area contributed by atoms with Crippen LogP contribution < -0.4 is 9.47 Å². The highest BCUT2D eigenvalue weighted by Crippen LogP contribution is 2.25. The van der Waals surface area contributed by atoms with E-state index in [0.717, 1.165) is 5.56 Å². The van der Waals surface area contributed by atoms with Crippen molar-refractivity contribution < 1.29 is 9.47 Å². The van der Waals surface area contributed by atoms with Crippen LogP contribution >= 0.6 is 11.6 Å². The van der Waals surface area contributed by atoms with Crippen LogP contribution in [0, 0.1) is 11.3 Å². The molecule has 118 valence electrons. The van der Waals surface area contributed by atoms with Crippen LogP contribution in [0.5, 0.6) is 17.5 Å². The number of nitriles is 1. The molecule has 0 spiro atoms. The maximum atomic E-state index is 9.16. The van der Waals surface area contributed by atoms with Crippen molar-refractivity contribution in [2.24, 2.45) is 0 Å². The molecule has 0 N–H and O–H groups in total. The molecule has 3 rings (SSSR count). The second kappa shape index (κ2) is 7.44.